The minimum atomic E-state index is -0.0243. The molecule has 0 spiro atoms. The van der Waals surface area contributed by atoms with Crippen LogP contribution in [0.2, 0.25) is 0 Å². The Morgan fingerprint density at radius 2 is 2.00 bits per heavy atom. The van der Waals surface area contributed by atoms with Gasteiger partial charge in [0, 0.05) is 44.5 Å². The van der Waals surface area contributed by atoms with Crippen molar-refractivity contribution in [3.63, 3.8) is 0 Å². The smallest absolute Gasteiger partial charge is 0.237 e. The molecule has 25 heavy (non-hydrogen) atoms. The first kappa shape index (κ1) is 24.2. The van der Waals surface area contributed by atoms with E-state index >= 15 is 0 Å². The van der Waals surface area contributed by atoms with Crippen LogP contribution >= 0.6 is 37.2 Å². The number of halogens is 3. The summed E-state index contributed by atoms with van der Waals surface area (Å²) in [5.41, 5.74) is 1.10. The van der Waals surface area contributed by atoms with Crippen LogP contribution in [-0.2, 0) is 11.3 Å². The van der Waals surface area contributed by atoms with Gasteiger partial charge in [-0.2, -0.15) is 0 Å². The number of carbonyl (C=O) groups is 1. The second kappa shape index (κ2) is 11.8. The maximum atomic E-state index is 12.1. The van der Waals surface area contributed by atoms with Crippen molar-refractivity contribution in [2.75, 3.05) is 44.7 Å². The Morgan fingerprint density at radius 3 is 2.64 bits per heavy atom. The standard InChI is InChI=1S/C16H25N5O.3ClH/c1-20-8-10-21(11-9-20)15-13(4-2-7-18-15)12-19-16(22)14-5-3-6-17-14;;;/h2,4,7,14,17H,3,5-6,8-12H2,1H3,(H,19,22);3*1H. The van der Waals surface area contributed by atoms with Crippen molar-refractivity contribution >= 4 is 48.9 Å². The Balaban J connectivity index is 0.00000192. The van der Waals surface area contributed by atoms with Gasteiger partial charge in [0.15, 0.2) is 0 Å². The van der Waals surface area contributed by atoms with E-state index in [2.05, 4.69) is 38.5 Å². The first-order valence-corrected chi connectivity index (χ1v) is 8.12. The minimum Gasteiger partial charge on any atom is -0.354 e. The average Bonchev–Trinajstić information content (AvgIpc) is 3.08. The van der Waals surface area contributed by atoms with Crippen molar-refractivity contribution < 1.29 is 4.79 Å². The molecule has 1 aromatic rings. The third-order valence-electron chi connectivity index (χ3n) is 4.50. The molecule has 0 radical (unpaired) electrons. The summed E-state index contributed by atoms with van der Waals surface area (Å²) < 4.78 is 0. The molecule has 0 bridgehead atoms. The number of pyridine rings is 1. The summed E-state index contributed by atoms with van der Waals surface area (Å²) in [5, 5.41) is 6.28. The molecule has 2 aliphatic rings. The summed E-state index contributed by atoms with van der Waals surface area (Å²) in [6.45, 7) is 5.56. The second-order valence-corrected chi connectivity index (χ2v) is 6.14. The molecule has 2 saturated heterocycles. The molecule has 6 nitrogen and oxygen atoms in total. The van der Waals surface area contributed by atoms with Gasteiger partial charge in [0.1, 0.15) is 5.82 Å². The lowest BCUT2D eigenvalue weighted by atomic mass is 10.2. The van der Waals surface area contributed by atoms with Crippen LogP contribution < -0.4 is 15.5 Å². The number of hydrogen-bond donors (Lipinski definition) is 2. The molecule has 0 saturated carbocycles. The third kappa shape index (κ3) is 6.46. The number of rotatable bonds is 4. The van der Waals surface area contributed by atoms with Gasteiger partial charge in [-0.15, -0.1) is 37.2 Å². The van der Waals surface area contributed by atoms with Gasteiger partial charge in [-0.1, -0.05) is 6.07 Å². The molecule has 3 heterocycles. The van der Waals surface area contributed by atoms with E-state index in [4.69, 9.17) is 0 Å². The summed E-state index contributed by atoms with van der Waals surface area (Å²) in [6, 6.07) is 3.97. The van der Waals surface area contributed by atoms with Gasteiger partial charge in [0.05, 0.1) is 6.04 Å². The van der Waals surface area contributed by atoms with E-state index in [0.717, 1.165) is 56.9 Å². The topological polar surface area (TPSA) is 60.5 Å². The van der Waals surface area contributed by atoms with Gasteiger partial charge in [-0.25, -0.2) is 4.98 Å². The predicted molar refractivity (Wildman–Crippen MR) is 109 cm³/mol. The lowest BCUT2D eigenvalue weighted by Gasteiger charge is -2.34. The maximum Gasteiger partial charge on any atom is 0.237 e. The number of nitrogens with zero attached hydrogens (tertiary/aromatic N) is 3. The Morgan fingerprint density at radius 1 is 1.28 bits per heavy atom. The summed E-state index contributed by atoms with van der Waals surface area (Å²) in [4.78, 5) is 21.3. The van der Waals surface area contributed by atoms with Crippen LogP contribution in [0.4, 0.5) is 5.82 Å². The van der Waals surface area contributed by atoms with Gasteiger partial charge >= 0.3 is 0 Å². The molecule has 2 fully saturated rings. The van der Waals surface area contributed by atoms with E-state index in [0.29, 0.717) is 6.54 Å². The lowest BCUT2D eigenvalue weighted by molar-refractivity contribution is -0.122. The third-order valence-corrected chi connectivity index (χ3v) is 4.50. The van der Waals surface area contributed by atoms with Crippen molar-refractivity contribution in [3.8, 4) is 0 Å². The molecule has 9 heteroatoms. The molecular weight excluding hydrogens is 385 g/mol. The van der Waals surface area contributed by atoms with Crippen LogP contribution in [0.1, 0.15) is 18.4 Å². The van der Waals surface area contributed by atoms with Gasteiger partial charge in [-0.05, 0) is 32.5 Å². The highest BCUT2D eigenvalue weighted by Crippen LogP contribution is 2.18. The van der Waals surface area contributed by atoms with E-state index in [1.807, 2.05) is 12.3 Å². The average molecular weight is 413 g/mol. The minimum absolute atomic E-state index is 0. The highest BCUT2D eigenvalue weighted by molar-refractivity contribution is 5.86. The second-order valence-electron chi connectivity index (χ2n) is 6.14. The zero-order valence-corrected chi connectivity index (χ0v) is 16.9. The molecule has 2 aliphatic heterocycles. The molecule has 3 rings (SSSR count). The van der Waals surface area contributed by atoms with Crippen molar-refractivity contribution in [1.29, 1.82) is 0 Å². The number of anilines is 1. The number of likely N-dealkylation sites (N-methyl/N-ethyl adjacent to an activating group) is 1. The Hall–Kier alpha value is -0.790. The van der Waals surface area contributed by atoms with Crippen LogP contribution in [0.3, 0.4) is 0 Å². The highest BCUT2D eigenvalue weighted by atomic mass is 35.5. The molecule has 1 aromatic heterocycles. The molecule has 144 valence electrons. The summed E-state index contributed by atoms with van der Waals surface area (Å²) in [5.74, 6) is 1.11. The van der Waals surface area contributed by atoms with Crippen LogP contribution in [0, 0.1) is 0 Å². The maximum absolute atomic E-state index is 12.1. The van der Waals surface area contributed by atoms with Crippen molar-refractivity contribution in [3.05, 3.63) is 23.9 Å². The number of aromatic nitrogens is 1. The molecule has 0 aromatic carbocycles. The van der Waals surface area contributed by atoms with E-state index in [-0.39, 0.29) is 49.2 Å². The van der Waals surface area contributed by atoms with Gasteiger partial charge in [0.25, 0.3) is 0 Å². The van der Waals surface area contributed by atoms with E-state index in [9.17, 15) is 4.79 Å². The SMILES string of the molecule is CN1CCN(c2ncccc2CNC(=O)C2CCCN2)CC1.Cl.Cl.Cl. The van der Waals surface area contributed by atoms with Crippen LogP contribution in [0.15, 0.2) is 18.3 Å². The van der Waals surface area contributed by atoms with E-state index < -0.39 is 0 Å². The molecular formula is C16H28Cl3N5O. The summed E-state index contributed by atoms with van der Waals surface area (Å²) >= 11 is 0. The van der Waals surface area contributed by atoms with Crippen LogP contribution in [-0.4, -0.2) is 61.6 Å². The number of carbonyl (C=O) groups excluding carboxylic acids is 1. The van der Waals surface area contributed by atoms with Crippen molar-refractivity contribution in [2.45, 2.75) is 25.4 Å². The molecule has 0 aliphatic carbocycles. The monoisotopic (exact) mass is 411 g/mol. The summed E-state index contributed by atoms with van der Waals surface area (Å²) in [6.07, 6.45) is 3.85. The van der Waals surface area contributed by atoms with E-state index in [1.54, 1.807) is 0 Å². The molecule has 1 amide bonds. The fourth-order valence-electron chi connectivity index (χ4n) is 3.09. The first-order valence-electron chi connectivity index (χ1n) is 8.12. The fourth-order valence-corrected chi connectivity index (χ4v) is 3.09. The van der Waals surface area contributed by atoms with Gasteiger partial charge in [0.2, 0.25) is 5.91 Å². The highest BCUT2D eigenvalue weighted by Gasteiger charge is 2.22. The predicted octanol–water partition coefficient (Wildman–Crippen LogP) is 1.47. The zero-order chi connectivity index (χ0) is 15.4. The van der Waals surface area contributed by atoms with Crippen molar-refractivity contribution in [1.82, 2.24) is 20.5 Å². The molecule has 1 atom stereocenters. The lowest BCUT2D eigenvalue weighted by Crippen LogP contribution is -2.45. The molecule has 1 unspecified atom stereocenters. The zero-order valence-electron chi connectivity index (χ0n) is 14.4. The number of hydrogen-bond acceptors (Lipinski definition) is 5. The number of nitrogens with one attached hydrogen (secondary N) is 2. The summed E-state index contributed by atoms with van der Waals surface area (Å²) in [7, 11) is 2.14. The van der Waals surface area contributed by atoms with Gasteiger partial charge < -0.3 is 20.4 Å². The molecule has 2 N–H and O–H groups in total. The Kier molecular flexibility index (Phi) is 11.4. The van der Waals surface area contributed by atoms with Crippen LogP contribution in [0.5, 0.6) is 0 Å². The Bertz CT molecular complexity index is 520. The number of amides is 1. The van der Waals surface area contributed by atoms with Gasteiger partial charge in [-0.3, -0.25) is 4.79 Å². The Labute approximate surface area is 168 Å². The number of piperazine rings is 1. The first-order chi connectivity index (χ1) is 10.7. The van der Waals surface area contributed by atoms with Crippen molar-refractivity contribution in [2.24, 2.45) is 0 Å². The largest absolute Gasteiger partial charge is 0.354 e. The van der Waals surface area contributed by atoms with E-state index in [1.165, 1.54) is 0 Å². The fraction of sp³-hybridized carbons (Fsp3) is 0.625. The quantitative estimate of drug-likeness (QED) is 0.784. The van der Waals surface area contributed by atoms with Crippen LogP contribution in [0.25, 0.3) is 0 Å². The normalized spacial score (nSPS) is 20.0.